The van der Waals surface area contributed by atoms with Crippen molar-refractivity contribution in [3.63, 3.8) is 0 Å². The Labute approximate surface area is 84.9 Å². The van der Waals surface area contributed by atoms with Crippen LogP contribution in [0.15, 0.2) is 40.5 Å². The summed E-state index contributed by atoms with van der Waals surface area (Å²) in [6.07, 6.45) is 5.22. The van der Waals surface area contributed by atoms with Gasteiger partial charge in [0.25, 0.3) is 0 Å². The maximum absolute atomic E-state index is 10.4. The number of furan rings is 1. The van der Waals surface area contributed by atoms with Crippen molar-refractivity contribution in [3.8, 4) is 0 Å². The zero-order chi connectivity index (χ0) is 11.3. The van der Waals surface area contributed by atoms with Crippen LogP contribution in [0.25, 0.3) is 6.08 Å². The van der Waals surface area contributed by atoms with Gasteiger partial charge in [0.1, 0.15) is 11.3 Å². The summed E-state index contributed by atoms with van der Waals surface area (Å²) in [6, 6.07) is 3.32. The Hall–Kier alpha value is -2.30. The van der Waals surface area contributed by atoms with Crippen LogP contribution in [0.4, 0.5) is 0 Å². The van der Waals surface area contributed by atoms with Crippen LogP contribution >= 0.6 is 0 Å². The summed E-state index contributed by atoms with van der Waals surface area (Å²) in [7, 11) is 0. The number of aliphatic carboxylic acids is 2. The predicted octanol–water partition coefficient (Wildman–Crippen LogP) is 1.39. The molecule has 1 heterocycles. The van der Waals surface area contributed by atoms with Gasteiger partial charge in [-0.3, -0.25) is 0 Å². The summed E-state index contributed by atoms with van der Waals surface area (Å²) in [4.78, 5) is 20.9. The van der Waals surface area contributed by atoms with Crippen LogP contribution in [-0.2, 0) is 9.59 Å². The zero-order valence-corrected chi connectivity index (χ0v) is 7.58. The minimum absolute atomic E-state index is 0.515. The highest BCUT2D eigenvalue weighted by Crippen LogP contribution is 2.03. The molecule has 0 saturated heterocycles. The number of carbonyl (C=O) groups is 2. The second-order valence-electron chi connectivity index (χ2n) is 2.57. The van der Waals surface area contributed by atoms with Gasteiger partial charge < -0.3 is 14.6 Å². The molecule has 0 aliphatic carbocycles. The minimum atomic E-state index is -1.48. The first-order valence-corrected chi connectivity index (χ1v) is 3.99. The molecular weight excluding hydrogens is 200 g/mol. The molecule has 0 fully saturated rings. The first kappa shape index (κ1) is 10.8. The maximum atomic E-state index is 10.4. The Morgan fingerprint density at radius 1 is 1.27 bits per heavy atom. The SMILES string of the molecule is O=C(O)C(=CC=Cc1ccco1)C(=O)O. The second kappa shape index (κ2) is 4.80. The number of allylic oxidation sites excluding steroid dienone is 2. The molecule has 1 aromatic rings. The van der Waals surface area contributed by atoms with Crippen molar-refractivity contribution in [1.82, 2.24) is 0 Å². The molecule has 5 nitrogen and oxygen atoms in total. The van der Waals surface area contributed by atoms with Crippen molar-refractivity contribution >= 4 is 18.0 Å². The third-order valence-electron chi connectivity index (χ3n) is 1.53. The largest absolute Gasteiger partial charge is 0.477 e. The van der Waals surface area contributed by atoms with E-state index in [4.69, 9.17) is 14.6 Å². The number of hydrogen-bond donors (Lipinski definition) is 2. The molecule has 15 heavy (non-hydrogen) atoms. The molecule has 0 aromatic carbocycles. The molecule has 0 spiro atoms. The molecule has 1 aromatic heterocycles. The number of carboxylic acids is 2. The normalized spacial score (nSPS) is 10.1. The molecular formula is C10H8O5. The van der Waals surface area contributed by atoms with Crippen molar-refractivity contribution in [2.75, 3.05) is 0 Å². The summed E-state index contributed by atoms with van der Waals surface area (Å²) in [5.41, 5.74) is -0.696. The van der Waals surface area contributed by atoms with Crippen LogP contribution in [0.3, 0.4) is 0 Å². The molecule has 2 N–H and O–H groups in total. The fourth-order valence-corrected chi connectivity index (χ4v) is 0.859. The van der Waals surface area contributed by atoms with E-state index < -0.39 is 17.5 Å². The highest BCUT2D eigenvalue weighted by molar-refractivity contribution is 6.12. The average Bonchev–Trinajstić information content (AvgIpc) is 2.63. The van der Waals surface area contributed by atoms with Crippen molar-refractivity contribution < 1.29 is 24.2 Å². The third-order valence-corrected chi connectivity index (χ3v) is 1.53. The van der Waals surface area contributed by atoms with Gasteiger partial charge in [-0.05, 0) is 24.3 Å². The van der Waals surface area contributed by atoms with E-state index in [1.165, 1.54) is 18.4 Å². The molecule has 0 bridgehead atoms. The second-order valence-corrected chi connectivity index (χ2v) is 2.57. The van der Waals surface area contributed by atoms with E-state index in [0.29, 0.717) is 5.76 Å². The van der Waals surface area contributed by atoms with Gasteiger partial charge in [-0.25, -0.2) is 9.59 Å². The third kappa shape index (κ3) is 3.15. The monoisotopic (exact) mass is 208 g/mol. The topological polar surface area (TPSA) is 87.7 Å². The lowest BCUT2D eigenvalue weighted by molar-refractivity contribution is -0.140. The summed E-state index contributed by atoms with van der Waals surface area (Å²) in [6.45, 7) is 0. The lowest BCUT2D eigenvalue weighted by Gasteiger charge is -1.91. The number of carboxylic acid groups (broad SMARTS) is 2. The van der Waals surface area contributed by atoms with Crippen molar-refractivity contribution in [2.24, 2.45) is 0 Å². The van der Waals surface area contributed by atoms with Gasteiger partial charge >= 0.3 is 11.9 Å². The van der Waals surface area contributed by atoms with E-state index in [1.807, 2.05) is 0 Å². The molecule has 1 rings (SSSR count). The molecule has 0 atom stereocenters. The lowest BCUT2D eigenvalue weighted by atomic mass is 10.2. The minimum Gasteiger partial charge on any atom is -0.477 e. The van der Waals surface area contributed by atoms with Gasteiger partial charge in [-0.2, -0.15) is 0 Å². The molecule has 0 amide bonds. The van der Waals surface area contributed by atoms with Crippen LogP contribution in [0, 0.1) is 0 Å². The Bertz CT molecular complexity index is 395. The lowest BCUT2D eigenvalue weighted by Crippen LogP contribution is -2.10. The van der Waals surface area contributed by atoms with Crippen LogP contribution in [0.2, 0.25) is 0 Å². The van der Waals surface area contributed by atoms with Gasteiger partial charge in [-0.15, -0.1) is 0 Å². The summed E-state index contributed by atoms with van der Waals surface area (Å²) in [5.74, 6) is -2.44. The number of rotatable bonds is 4. The van der Waals surface area contributed by atoms with Crippen LogP contribution in [0.5, 0.6) is 0 Å². The van der Waals surface area contributed by atoms with Crippen LogP contribution in [-0.4, -0.2) is 22.2 Å². The van der Waals surface area contributed by atoms with E-state index in [2.05, 4.69) is 0 Å². The smallest absolute Gasteiger partial charge is 0.343 e. The van der Waals surface area contributed by atoms with Crippen molar-refractivity contribution in [1.29, 1.82) is 0 Å². The standard InChI is InChI=1S/C10H8O5/c11-9(12)8(10(13)14)5-1-3-7-4-2-6-15-7/h1-6H,(H,11,12)(H,13,14). The Kier molecular flexibility index (Phi) is 3.45. The van der Waals surface area contributed by atoms with Crippen molar-refractivity contribution in [2.45, 2.75) is 0 Å². The van der Waals surface area contributed by atoms with Crippen molar-refractivity contribution in [3.05, 3.63) is 41.9 Å². The molecule has 0 aliphatic rings. The van der Waals surface area contributed by atoms with Crippen LogP contribution < -0.4 is 0 Å². The summed E-state index contributed by atoms with van der Waals surface area (Å²) >= 11 is 0. The quantitative estimate of drug-likeness (QED) is 0.338. The zero-order valence-electron chi connectivity index (χ0n) is 7.58. The van der Waals surface area contributed by atoms with Gasteiger partial charge in [0.15, 0.2) is 0 Å². The fourth-order valence-electron chi connectivity index (χ4n) is 0.859. The molecule has 0 aliphatic heterocycles. The molecule has 5 heteroatoms. The fraction of sp³-hybridized carbons (Fsp3) is 0. The molecule has 0 saturated carbocycles. The predicted molar refractivity (Wildman–Crippen MR) is 51.1 cm³/mol. The Morgan fingerprint density at radius 3 is 2.40 bits per heavy atom. The number of hydrogen-bond acceptors (Lipinski definition) is 3. The van der Waals surface area contributed by atoms with Crippen LogP contribution in [0.1, 0.15) is 5.76 Å². The molecule has 0 radical (unpaired) electrons. The molecule has 78 valence electrons. The average molecular weight is 208 g/mol. The van der Waals surface area contributed by atoms with E-state index in [1.54, 1.807) is 12.1 Å². The first-order valence-electron chi connectivity index (χ1n) is 3.99. The highest BCUT2D eigenvalue weighted by Gasteiger charge is 2.13. The Morgan fingerprint density at radius 2 is 1.93 bits per heavy atom. The summed E-state index contributed by atoms with van der Waals surface area (Å²) < 4.78 is 4.93. The van der Waals surface area contributed by atoms with E-state index >= 15 is 0 Å². The first-order chi connectivity index (χ1) is 7.11. The van der Waals surface area contributed by atoms with E-state index in [0.717, 1.165) is 6.08 Å². The molecule has 0 unspecified atom stereocenters. The summed E-state index contributed by atoms with van der Waals surface area (Å²) in [5, 5.41) is 17.0. The van der Waals surface area contributed by atoms with E-state index in [9.17, 15) is 9.59 Å². The van der Waals surface area contributed by atoms with Gasteiger partial charge in [-0.1, -0.05) is 6.08 Å². The van der Waals surface area contributed by atoms with Gasteiger partial charge in [0.2, 0.25) is 0 Å². The maximum Gasteiger partial charge on any atom is 0.343 e. The highest BCUT2D eigenvalue weighted by atomic mass is 16.4. The van der Waals surface area contributed by atoms with Gasteiger partial charge in [0, 0.05) is 0 Å². The van der Waals surface area contributed by atoms with E-state index in [-0.39, 0.29) is 0 Å². The van der Waals surface area contributed by atoms with Gasteiger partial charge in [0.05, 0.1) is 6.26 Å². The Balaban J connectivity index is 2.78.